The number of amides is 1. The highest BCUT2D eigenvalue weighted by molar-refractivity contribution is 7.22. The first-order valence-corrected chi connectivity index (χ1v) is 11.7. The molecular weight excluding hydrogens is 424 g/mol. The van der Waals surface area contributed by atoms with Crippen molar-refractivity contribution in [2.75, 3.05) is 58.4 Å². The number of methoxy groups -OCH3 is 2. The van der Waals surface area contributed by atoms with Gasteiger partial charge in [-0.05, 0) is 49.2 Å². The molecule has 170 valence electrons. The Morgan fingerprint density at radius 1 is 1.06 bits per heavy atom. The van der Waals surface area contributed by atoms with E-state index in [-0.39, 0.29) is 5.91 Å². The van der Waals surface area contributed by atoms with Gasteiger partial charge in [0.05, 0.1) is 18.9 Å². The van der Waals surface area contributed by atoms with Crippen LogP contribution < -0.4 is 19.7 Å². The third kappa shape index (κ3) is 4.66. The van der Waals surface area contributed by atoms with Crippen molar-refractivity contribution in [1.29, 1.82) is 0 Å². The van der Waals surface area contributed by atoms with E-state index in [0.29, 0.717) is 18.0 Å². The maximum Gasteiger partial charge on any atom is 0.251 e. The minimum atomic E-state index is -0.00872. The van der Waals surface area contributed by atoms with E-state index in [9.17, 15) is 4.79 Å². The molecule has 1 aliphatic heterocycles. The van der Waals surface area contributed by atoms with E-state index in [0.717, 1.165) is 59.2 Å². The molecule has 1 aliphatic rings. The van der Waals surface area contributed by atoms with Crippen LogP contribution >= 0.6 is 11.3 Å². The number of aromatic nitrogens is 1. The lowest BCUT2D eigenvalue weighted by atomic mass is 10.1. The molecule has 1 aromatic heterocycles. The first-order chi connectivity index (χ1) is 15.5. The molecule has 0 radical (unpaired) electrons. The quantitative estimate of drug-likeness (QED) is 0.590. The van der Waals surface area contributed by atoms with Gasteiger partial charge in [-0.3, -0.25) is 9.69 Å². The van der Waals surface area contributed by atoms with E-state index in [1.54, 1.807) is 25.6 Å². The maximum absolute atomic E-state index is 12.4. The van der Waals surface area contributed by atoms with Crippen LogP contribution in [0.2, 0.25) is 0 Å². The fourth-order valence-electron chi connectivity index (χ4n) is 3.91. The number of thiazole rings is 1. The van der Waals surface area contributed by atoms with Gasteiger partial charge in [0.25, 0.3) is 5.91 Å². The number of nitrogens with zero attached hydrogens (tertiary/aromatic N) is 3. The van der Waals surface area contributed by atoms with Crippen LogP contribution in [0, 0.1) is 13.8 Å². The lowest BCUT2D eigenvalue weighted by Crippen LogP contribution is -2.48. The molecule has 1 saturated heterocycles. The molecule has 0 atom stereocenters. The van der Waals surface area contributed by atoms with Gasteiger partial charge >= 0.3 is 0 Å². The van der Waals surface area contributed by atoms with Crippen molar-refractivity contribution in [1.82, 2.24) is 15.2 Å². The molecule has 3 aromatic rings. The number of aryl methyl sites for hydroxylation is 2. The number of rotatable bonds is 7. The second-order valence-electron chi connectivity index (χ2n) is 8.03. The topological polar surface area (TPSA) is 66.9 Å². The van der Waals surface area contributed by atoms with Crippen molar-refractivity contribution in [3.05, 3.63) is 47.0 Å². The molecule has 7 nitrogen and oxygen atoms in total. The zero-order valence-electron chi connectivity index (χ0n) is 19.1. The van der Waals surface area contributed by atoms with E-state index in [2.05, 4.69) is 22.0 Å². The van der Waals surface area contributed by atoms with Crippen LogP contribution in [0.4, 0.5) is 5.13 Å². The molecule has 0 aliphatic carbocycles. The second-order valence-corrected chi connectivity index (χ2v) is 9.04. The Balaban J connectivity index is 1.29. The fourth-order valence-corrected chi connectivity index (χ4v) is 4.92. The van der Waals surface area contributed by atoms with Gasteiger partial charge in [-0.2, -0.15) is 0 Å². The van der Waals surface area contributed by atoms with Crippen molar-refractivity contribution >= 4 is 32.6 Å². The number of carbonyl (C=O) groups excluding carboxylic acids is 1. The number of piperazine rings is 1. The van der Waals surface area contributed by atoms with Gasteiger partial charge in [-0.15, -0.1) is 0 Å². The largest absolute Gasteiger partial charge is 0.493 e. The van der Waals surface area contributed by atoms with Crippen molar-refractivity contribution in [3.8, 4) is 11.5 Å². The minimum absolute atomic E-state index is 0.00872. The Morgan fingerprint density at radius 3 is 2.53 bits per heavy atom. The minimum Gasteiger partial charge on any atom is -0.493 e. The molecule has 0 bridgehead atoms. The van der Waals surface area contributed by atoms with E-state index >= 15 is 0 Å². The molecule has 4 rings (SSSR count). The fraction of sp³-hybridized carbons (Fsp3) is 0.417. The SMILES string of the molecule is COc1ccc2sc(N3CCN(CCNC(=O)c4ccc(C)c(C)c4)CC3)nc2c1OC. The van der Waals surface area contributed by atoms with Crippen molar-refractivity contribution in [3.63, 3.8) is 0 Å². The Kier molecular flexibility index (Phi) is 6.81. The van der Waals surface area contributed by atoms with Crippen molar-refractivity contribution < 1.29 is 14.3 Å². The smallest absolute Gasteiger partial charge is 0.251 e. The Labute approximate surface area is 192 Å². The predicted octanol–water partition coefficient (Wildman–Crippen LogP) is 3.48. The van der Waals surface area contributed by atoms with Crippen molar-refractivity contribution in [2.24, 2.45) is 0 Å². The van der Waals surface area contributed by atoms with Gasteiger partial charge in [0, 0.05) is 44.8 Å². The first kappa shape index (κ1) is 22.4. The van der Waals surface area contributed by atoms with Crippen LogP contribution in [0.15, 0.2) is 30.3 Å². The van der Waals surface area contributed by atoms with Gasteiger partial charge in [-0.1, -0.05) is 17.4 Å². The van der Waals surface area contributed by atoms with Gasteiger partial charge in [0.1, 0.15) is 5.52 Å². The highest BCUT2D eigenvalue weighted by Crippen LogP contribution is 2.40. The van der Waals surface area contributed by atoms with E-state index in [1.165, 1.54) is 5.56 Å². The van der Waals surface area contributed by atoms with Gasteiger partial charge in [-0.25, -0.2) is 4.98 Å². The maximum atomic E-state index is 12.4. The normalized spacial score (nSPS) is 14.6. The Bertz CT molecular complexity index is 1110. The second kappa shape index (κ2) is 9.75. The summed E-state index contributed by atoms with van der Waals surface area (Å²) in [5.41, 5.74) is 3.91. The van der Waals surface area contributed by atoms with E-state index in [1.807, 2.05) is 37.3 Å². The lowest BCUT2D eigenvalue weighted by molar-refractivity contribution is 0.0947. The summed E-state index contributed by atoms with van der Waals surface area (Å²) in [6.07, 6.45) is 0. The van der Waals surface area contributed by atoms with Crippen LogP contribution in [0.3, 0.4) is 0 Å². The number of fused-ring (bicyclic) bond motifs is 1. The number of nitrogens with one attached hydrogen (secondary N) is 1. The number of anilines is 1. The monoisotopic (exact) mass is 454 g/mol. The molecule has 1 amide bonds. The summed E-state index contributed by atoms with van der Waals surface area (Å²) in [5.74, 6) is 1.38. The van der Waals surface area contributed by atoms with Gasteiger partial charge in [0.2, 0.25) is 0 Å². The zero-order valence-corrected chi connectivity index (χ0v) is 19.9. The summed E-state index contributed by atoms with van der Waals surface area (Å²) in [5, 5.41) is 4.06. The molecule has 32 heavy (non-hydrogen) atoms. The van der Waals surface area contributed by atoms with E-state index < -0.39 is 0 Å². The predicted molar refractivity (Wildman–Crippen MR) is 130 cm³/mol. The summed E-state index contributed by atoms with van der Waals surface area (Å²) in [6, 6.07) is 9.79. The highest BCUT2D eigenvalue weighted by atomic mass is 32.1. The molecule has 2 heterocycles. The summed E-state index contributed by atoms with van der Waals surface area (Å²) in [7, 11) is 3.29. The van der Waals surface area contributed by atoms with Crippen LogP contribution in [0.1, 0.15) is 21.5 Å². The Morgan fingerprint density at radius 2 is 1.84 bits per heavy atom. The summed E-state index contributed by atoms with van der Waals surface area (Å²) in [4.78, 5) is 21.9. The van der Waals surface area contributed by atoms with Crippen LogP contribution in [-0.2, 0) is 0 Å². The number of ether oxygens (including phenoxy) is 2. The number of hydrogen-bond acceptors (Lipinski definition) is 7. The average molecular weight is 455 g/mol. The van der Waals surface area contributed by atoms with Crippen LogP contribution in [-0.4, -0.2) is 69.3 Å². The van der Waals surface area contributed by atoms with Gasteiger partial charge in [0.15, 0.2) is 16.6 Å². The molecule has 0 saturated carbocycles. The molecule has 1 fully saturated rings. The van der Waals surface area contributed by atoms with Crippen LogP contribution in [0.5, 0.6) is 11.5 Å². The third-order valence-corrected chi connectivity index (χ3v) is 7.10. The summed E-state index contributed by atoms with van der Waals surface area (Å²) < 4.78 is 12.0. The molecule has 0 spiro atoms. The molecule has 1 N–H and O–H groups in total. The molecule has 2 aromatic carbocycles. The Hall–Kier alpha value is -2.84. The first-order valence-electron chi connectivity index (χ1n) is 10.8. The molecule has 8 heteroatoms. The van der Waals surface area contributed by atoms with E-state index in [4.69, 9.17) is 14.5 Å². The highest BCUT2D eigenvalue weighted by Gasteiger charge is 2.22. The summed E-state index contributed by atoms with van der Waals surface area (Å²) in [6.45, 7) is 9.27. The molecule has 0 unspecified atom stereocenters. The zero-order chi connectivity index (χ0) is 22.7. The average Bonchev–Trinajstić information content (AvgIpc) is 3.25. The lowest BCUT2D eigenvalue weighted by Gasteiger charge is -2.34. The standard InChI is InChI=1S/C24H30N4O3S/c1-16-5-6-18(15-17(16)2)23(29)25-9-10-27-11-13-28(14-12-27)24-26-21-20(32-24)8-7-19(30-3)22(21)31-4/h5-8,15H,9-14H2,1-4H3,(H,25,29). The number of carbonyl (C=O) groups is 1. The van der Waals surface area contributed by atoms with Gasteiger partial charge < -0.3 is 19.7 Å². The summed E-state index contributed by atoms with van der Waals surface area (Å²) >= 11 is 1.68. The van der Waals surface area contributed by atoms with Crippen molar-refractivity contribution in [2.45, 2.75) is 13.8 Å². The third-order valence-electron chi connectivity index (χ3n) is 6.02. The van der Waals surface area contributed by atoms with Crippen LogP contribution in [0.25, 0.3) is 10.2 Å². The number of benzene rings is 2. The number of hydrogen-bond donors (Lipinski definition) is 1. The molecular formula is C24H30N4O3S.